The van der Waals surface area contributed by atoms with Gasteiger partial charge < -0.3 is 69.1 Å². The molecule has 398 valence electrons. The second-order valence-corrected chi connectivity index (χ2v) is 18.9. The van der Waals surface area contributed by atoms with Gasteiger partial charge in [-0.3, -0.25) is 53.0 Å². The molecule has 0 bridgehead atoms. The van der Waals surface area contributed by atoms with Gasteiger partial charge in [0.05, 0.1) is 24.8 Å². The molecule has 70 heavy (non-hydrogen) atoms. The van der Waals surface area contributed by atoms with Crippen molar-refractivity contribution in [3.63, 3.8) is 0 Å². The van der Waals surface area contributed by atoms with Crippen LogP contribution in [0.25, 0.3) is 0 Å². The molecule has 24 nitrogen and oxygen atoms in total. The maximum Gasteiger partial charge on any atom is 0.245 e. The zero-order valence-electron chi connectivity index (χ0n) is 42.8. The third-order valence-corrected chi connectivity index (χ3v) is 13.0. The van der Waals surface area contributed by atoms with E-state index >= 15 is 0 Å². The van der Waals surface area contributed by atoms with Crippen LogP contribution in [-0.4, -0.2) is 179 Å². The Balaban J connectivity index is 2.27. The molecule has 2 aliphatic heterocycles. The van der Waals surface area contributed by atoms with E-state index in [4.69, 9.17) is 11.5 Å². The van der Waals surface area contributed by atoms with Crippen molar-refractivity contribution in [1.82, 2.24) is 52.3 Å². The van der Waals surface area contributed by atoms with Crippen molar-refractivity contribution < 1.29 is 53.4 Å². The minimum atomic E-state index is -1.73. The van der Waals surface area contributed by atoms with E-state index in [0.29, 0.717) is 38.6 Å². The quantitative estimate of drug-likeness (QED) is 0.0209. The molecule has 0 aliphatic carbocycles. The molecular formula is C46H83N13O11. The largest absolute Gasteiger partial charge is 0.391 e. The molecule has 0 aromatic carbocycles. The summed E-state index contributed by atoms with van der Waals surface area (Å²) in [6, 6.07) is -9.40. The Kier molecular flexibility index (Phi) is 25.5. The summed E-state index contributed by atoms with van der Waals surface area (Å²) in [5, 5.41) is 42.5. The highest BCUT2D eigenvalue weighted by Gasteiger charge is 2.41. The molecule has 2 aliphatic rings. The highest BCUT2D eigenvalue weighted by Crippen LogP contribution is 2.21. The number of aliphatic imine (C=N–C) groups is 1. The normalized spacial score (nSPS) is 20.2. The minimum absolute atomic E-state index is 0.0793. The monoisotopic (exact) mass is 994 g/mol. The number of carbonyl (C=O) groups is 9. The molecule has 2 rings (SSSR count). The Hall–Kier alpha value is -5.62. The molecule has 24 heteroatoms. The van der Waals surface area contributed by atoms with Crippen molar-refractivity contribution in [1.29, 1.82) is 0 Å². The van der Waals surface area contributed by atoms with Crippen LogP contribution in [0.3, 0.4) is 0 Å². The highest BCUT2D eigenvalue weighted by atomic mass is 16.3. The summed E-state index contributed by atoms with van der Waals surface area (Å²) in [5.41, 5.74) is 11.0. The lowest BCUT2D eigenvalue weighted by atomic mass is 9.95. The maximum absolute atomic E-state index is 14.1. The molecule has 14 N–H and O–H groups in total. The summed E-state index contributed by atoms with van der Waals surface area (Å²) in [4.78, 5) is 129. The molecule has 2 heterocycles. The van der Waals surface area contributed by atoms with Gasteiger partial charge in [-0.05, 0) is 90.6 Å². The van der Waals surface area contributed by atoms with Gasteiger partial charge in [-0.25, -0.2) is 0 Å². The SMILES string of the molecule is CCNC(=O)[C@@H]1CCCN1C(=O)[C@H](CCCN=C(N)N)NC(=O)[C@@H](NC(=O)[C@@H](NC(=O)[C@@H](NC(=O)[C@H](NC(=O)[C@@H](NC(=O)CNC(=O)[C@@H]1CCCN1C)C(C)C)[C@@H](C)CC)[C@@H](C)O)[C@H](C)O)[C@@H](C)CC. The molecule has 2 fully saturated rings. The van der Waals surface area contributed by atoms with Gasteiger partial charge in [-0.1, -0.05) is 54.4 Å². The average molecular weight is 994 g/mol. The van der Waals surface area contributed by atoms with Crippen molar-refractivity contribution in [2.45, 2.75) is 174 Å². The maximum atomic E-state index is 14.1. The fourth-order valence-corrected chi connectivity index (χ4v) is 8.29. The molecule has 0 aromatic rings. The van der Waals surface area contributed by atoms with Crippen LogP contribution < -0.4 is 54.0 Å². The first-order valence-electron chi connectivity index (χ1n) is 24.7. The number of amides is 9. The van der Waals surface area contributed by atoms with Crippen LogP contribution >= 0.6 is 0 Å². The first kappa shape index (κ1) is 60.5. The van der Waals surface area contributed by atoms with Gasteiger partial charge in [0.15, 0.2) is 5.96 Å². The van der Waals surface area contributed by atoms with Gasteiger partial charge in [0.2, 0.25) is 53.2 Å². The molecule has 0 unspecified atom stereocenters. The summed E-state index contributed by atoms with van der Waals surface area (Å²) in [6.07, 6.45) is 0.460. The molecule has 9 amide bonds. The summed E-state index contributed by atoms with van der Waals surface area (Å²) in [6.45, 7) is 15.6. The molecule has 0 saturated carbocycles. The lowest BCUT2D eigenvalue weighted by molar-refractivity contribution is -0.142. The first-order chi connectivity index (χ1) is 32.9. The van der Waals surface area contributed by atoms with Crippen LogP contribution in [0.4, 0.5) is 0 Å². The minimum Gasteiger partial charge on any atom is -0.391 e. The van der Waals surface area contributed by atoms with E-state index in [1.54, 1.807) is 48.5 Å². The van der Waals surface area contributed by atoms with Crippen LogP contribution in [-0.2, 0) is 43.2 Å². The topological polar surface area (TPSA) is 361 Å². The molecule has 2 saturated heterocycles. The number of nitrogens with one attached hydrogen (secondary N) is 8. The number of aliphatic hydroxyl groups excluding tert-OH is 2. The Morgan fingerprint density at radius 1 is 0.614 bits per heavy atom. The lowest BCUT2D eigenvalue weighted by Crippen LogP contribution is -2.64. The van der Waals surface area contributed by atoms with Crippen molar-refractivity contribution in [2.24, 2.45) is 34.2 Å². The third kappa shape index (κ3) is 18.3. The summed E-state index contributed by atoms with van der Waals surface area (Å²) in [5.74, 6) is -7.86. The van der Waals surface area contributed by atoms with Crippen molar-refractivity contribution in [3.8, 4) is 0 Å². The predicted molar refractivity (Wildman–Crippen MR) is 261 cm³/mol. The van der Waals surface area contributed by atoms with E-state index in [2.05, 4.69) is 47.5 Å². The Morgan fingerprint density at radius 2 is 1.07 bits per heavy atom. The fraction of sp³-hybridized carbons (Fsp3) is 0.783. The molecule has 0 aromatic heterocycles. The number of guanidine groups is 1. The number of likely N-dealkylation sites (tertiary alicyclic amines) is 2. The molecule has 0 spiro atoms. The average Bonchev–Trinajstić information content (AvgIpc) is 3.98. The summed E-state index contributed by atoms with van der Waals surface area (Å²) < 4.78 is 0. The van der Waals surface area contributed by atoms with Crippen LogP contribution in [0.1, 0.15) is 114 Å². The number of nitrogens with two attached hydrogens (primary N) is 2. The van der Waals surface area contributed by atoms with Gasteiger partial charge in [-0.2, -0.15) is 0 Å². The standard InChI is InChI=1S/C46H83N13O11/c1-11-25(6)34(41(66)52-29(17-14-20-50-46(47)48)45(70)59-22-16-19-31(59)39(64)49-13-3)55-43(68)36(27(8)60)57-44(69)37(28(9)61)56-42(67)35(26(7)12-2)54-40(65)33(24(4)5)53-32(62)23-51-38(63)30-18-15-21-58(30)10/h24-31,33-37,60-61H,11-23H2,1-10H3,(H,49,64)(H,51,63)(H,52,66)(H,53,62)(H,54,65)(H,55,68)(H,56,67)(H,57,69)(H4,47,48,50)/t25-,26-,27-,28+,29-,30-,31-,33-,34-,35+,36-,37-/m0/s1. The highest BCUT2D eigenvalue weighted by molar-refractivity contribution is 5.98. The van der Waals surface area contributed by atoms with Gasteiger partial charge in [0.1, 0.15) is 42.3 Å². The number of rotatable bonds is 28. The van der Waals surface area contributed by atoms with Crippen LogP contribution in [0.15, 0.2) is 4.99 Å². The van der Waals surface area contributed by atoms with Crippen LogP contribution in [0.2, 0.25) is 0 Å². The third-order valence-electron chi connectivity index (χ3n) is 13.0. The number of likely N-dealkylation sites (N-methyl/N-ethyl adjacent to an activating group) is 2. The zero-order chi connectivity index (χ0) is 53.0. The lowest BCUT2D eigenvalue weighted by Gasteiger charge is -2.32. The number of nitrogens with zero attached hydrogens (tertiary/aromatic N) is 3. The van der Waals surface area contributed by atoms with Crippen molar-refractivity contribution in [2.75, 3.05) is 39.8 Å². The zero-order valence-corrected chi connectivity index (χ0v) is 42.8. The van der Waals surface area contributed by atoms with Gasteiger partial charge in [0.25, 0.3) is 0 Å². The van der Waals surface area contributed by atoms with Gasteiger partial charge in [0, 0.05) is 19.6 Å². The van der Waals surface area contributed by atoms with E-state index in [-0.39, 0.29) is 56.3 Å². The Morgan fingerprint density at radius 3 is 1.53 bits per heavy atom. The fourth-order valence-electron chi connectivity index (χ4n) is 8.29. The van der Waals surface area contributed by atoms with E-state index in [1.165, 1.54) is 18.7 Å². The predicted octanol–water partition coefficient (Wildman–Crippen LogP) is -3.20. The summed E-state index contributed by atoms with van der Waals surface area (Å²) >= 11 is 0. The van der Waals surface area contributed by atoms with Crippen molar-refractivity contribution in [3.05, 3.63) is 0 Å². The Labute approximate surface area is 412 Å². The second-order valence-electron chi connectivity index (χ2n) is 18.9. The van der Waals surface area contributed by atoms with Crippen molar-refractivity contribution >= 4 is 59.1 Å². The number of carbonyl (C=O) groups excluding carboxylic acids is 9. The number of aliphatic hydroxyl groups is 2. The smallest absolute Gasteiger partial charge is 0.245 e. The first-order valence-corrected chi connectivity index (χ1v) is 24.7. The van der Waals surface area contributed by atoms with E-state index in [0.717, 1.165) is 13.0 Å². The number of hydrogen-bond acceptors (Lipinski definition) is 13. The molecule has 0 radical (unpaired) electrons. The van der Waals surface area contributed by atoms with Gasteiger partial charge >= 0.3 is 0 Å². The van der Waals surface area contributed by atoms with E-state index < -0.39 is 114 Å². The Bertz CT molecular complexity index is 1830. The van der Waals surface area contributed by atoms with E-state index in [9.17, 15) is 53.4 Å². The summed E-state index contributed by atoms with van der Waals surface area (Å²) in [7, 11) is 1.82. The van der Waals surface area contributed by atoms with Gasteiger partial charge in [-0.15, -0.1) is 0 Å². The molecule has 12 atom stereocenters. The molecular weight excluding hydrogens is 911 g/mol. The number of hydrogen-bond donors (Lipinski definition) is 12. The second kappa shape index (κ2) is 29.5. The van der Waals surface area contributed by atoms with E-state index in [1.807, 2.05) is 11.9 Å². The van der Waals surface area contributed by atoms with Crippen LogP contribution in [0, 0.1) is 17.8 Å². The van der Waals surface area contributed by atoms with Crippen LogP contribution in [0.5, 0.6) is 0 Å².